The molecule has 11 heteroatoms. The highest BCUT2D eigenvalue weighted by atomic mass is 79.9. The van der Waals surface area contributed by atoms with Crippen molar-refractivity contribution in [3.8, 4) is 0 Å². The van der Waals surface area contributed by atoms with Crippen LogP contribution in [-0.2, 0) is 26.2 Å². The minimum atomic E-state index is -3.68. The van der Waals surface area contributed by atoms with E-state index < -0.39 is 16.1 Å². The van der Waals surface area contributed by atoms with Crippen molar-refractivity contribution in [2.75, 3.05) is 23.7 Å². The molecule has 0 fully saturated rings. The summed E-state index contributed by atoms with van der Waals surface area (Å²) in [4.78, 5) is 27.6. The molecule has 1 atom stereocenters. The zero-order valence-corrected chi connectivity index (χ0v) is 24.6. The molecule has 0 heterocycles. The van der Waals surface area contributed by atoms with Crippen LogP contribution in [0, 0.1) is 0 Å². The van der Waals surface area contributed by atoms with Crippen LogP contribution in [0.4, 0.5) is 5.69 Å². The van der Waals surface area contributed by atoms with Crippen LogP contribution in [0.25, 0.3) is 0 Å². The third-order valence-electron chi connectivity index (χ3n) is 5.57. The fourth-order valence-electron chi connectivity index (χ4n) is 3.61. The van der Waals surface area contributed by atoms with Gasteiger partial charge in [0, 0.05) is 35.6 Å². The molecule has 2 amide bonds. The number of amides is 2. The highest BCUT2D eigenvalue weighted by Gasteiger charge is 2.27. The summed E-state index contributed by atoms with van der Waals surface area (Å²) in [6.45, 7) is 4.56. The topological polar surface area (TPSA) is 86.8 Å². The Bertz CT molecular complexity index is 1160. The number of carbonyl (C=O) groups is 2. The Balaban J connectivity index is 2.18. The average molecular weight is 621 g/mol. The molecule has 0 unspecified atom stereocenters. The Morgan fingerprint density at radius 1 is 1.11 bits per heavy atom. The second-order valence-corrected chi connectivity index (χ2v) is 12.2. The highest BCUT2D eigenvalue weighted by Crippen LogP contribution is 2.31. The fourth-order valence-corrected chi connectivity index (χ4v) is 5.46. The summed E-state index contributed by atoms with van der Waals surface area (Å²) in [6, 6.07) is 11.4. The number of benzene rings is 2. The standard InChI is InChI=1S/C25H32BrCl2N3O4S/c1-4-5-13-29-25(33)18(2)30(17-19-8-6-9-20(26)15-19)24(32)10-7-14-31(36(3,34)35)23-16-21(27)11-12-22(23)28/h6,8-9,11-12,15-16,18H,4-5,7,10,13-14,17H2,1-3H3,(H,29,33)/t18-/m0/s1. The van der Waals surface area contributed by atoms with Crippen molar-refractivity contribution < 1.29 is 18.0 Å². The van der Waals surface area contributed by atoms with Crippen molar-refractivity contribution in [2.45, 2.75) is 52.1 Å². The molecule has 0 spiro atoms. The Kier molecular flexibility index (Phi) is 12.0. The molecule has 0 saturated carbocycles. The van der Waals surface area contributed by atoms with Crippen LogP contribution in [0.1, 0.15) is 45.1 Å². The Labute approximate surface area is 232 Å². The van der Waals surface area contributed by atoms with Crippen molar-refractivity contribution >= 4 is 66.7 Å². The van der Waals surface area contributed by atoms with Gasteiger partial charge in [-0.2, -0.15) is 0 Å². The van der Waals surface area contributed by atoms with Gasteiger partial charge in [0.15, 0.2) is 0 Å². The summed E-state index contributed by atoms with van der Waals surface area (Å²) in [6.07, 6.45) is 3.15. The molecule has 0 aliphatic carbocycles. The van der Waals surface area contributed by atoms with Crippen molar-refractivity contribution in [1.29, 1.82) is 0 Å². The van der Waals surface area contributed by atoms with E-state index in [0.717, 1.165) is 33.4 Å². The molecule has 0 radical (unpaired) electrons. The van der Waals surface area contributed by atoms with Gasteiger partial charge in [-0.3, -0.25) is 13.9 Å². The molecule has 1 N–H and O–H groups in total. The number of nitrogens with zero attached hydrogens (tertiary/aromatic N) is 2. The van der Waals surface area contributed by atoms with Crippen molar-refractivity contribution in [1.82, 2.24) is 10.2 Å². The first-order valence-corrected chi connectivity index (χ1v) is 15.1. The second kappa shape index (κ2) is 14.2. The maximum Gasteiger partial charge on any atom is 0.242 e. The van der Waals surface area contributed by atoms with E-state index in [0.29, 0.717) is 11.6 Å². The number of hydrogen-bond acceptors (Lipinski definition) is 4. The Morgan fingerprint density at radius 2 is 1.83 bits per heavy atom. The van der Waals surface area contributed by atoms with Crippen LogP contribution < -0.4 is 9.62 Å². The molecule has 198 valence electrons. The summed E-state index contributed by atoms with van der Waals surface area (Å²) < 4.78 is 27.0. The fraction of sp³-hybridized carbons (Fsp3) is 0.440. The number of carbonyl (C=O) groups excluding carboxylic acids is 2. The monoisotopic (exact) mass is 619 g/mol. The number of unbranched alkanes of at least 4 members (excludes halogenated alkanes) is 1. The maximum absolute atomic E-state index is 13.3. The van der Waals surface area contributed by atoms with Crippen molar-refractivity contribution in [3.05, 3.63) is 62.5 Å². The van der Waals surface area contributed by atoms with Crippen molar-refractivity contribution in [3.63, 3.8) is 0 Å². The van der Waals surface area contributed by atoms with E-state index in [1.165, 1.54) is 17.0 Å². The van der Waals surface area contributed by atoms with E-state index in [4.69, 9.17) is 23.2 Å². The molecule has 2 aromatic rings. The normalized spacial score (nSPS) is 12.2. The molecule has 2 rings (SSSR count). The smallest absolute Gasteiger partial charge is 0.242 e. The zero-order valence-electron chi connectivity index (χ0n) is 20.6. The van der Waals surface area contributed by atoms with Crippen LogP contribution in [0.5, 0.6) is 0 Å². The van der Waals surface area contributed by atoms with Gasteiger partial charge >= 0.3 is 0 Å². The Hall–Kier alpha value is -1.81. The van der Waals surface area contributed by atoms with Gasteiger partial charge in [0.2, 0.25) is 21.8 Å². The lowest BCUT2D eigenvalue weighted by atomic mass is 10.1. The molecule has 0 aliphatic heterocycles. The number of rotatable bonds is 13. The summed E-state index contributed by atoms with van der Waals surface area (Å²) in [5.74, 6) is -0.478. The van der Waals surface area contributed by atoms with E-state index >= 15 is 0 Å². The molecule has 0 aliphatic rings. The summed E-state index contributed by atoms with van der Waals surface area (Å²) in [5.41, 5.74) is 1.13. The van der Waals surface area contributed by atoms with Gasteiger partial charge in [-0.05, 0) is 55.7 Å². The molecule has 2 aromatic carbocycles. The summed E-state index contributed by atoms with van der Waals surface area (Å²) in [5, 5.41) is 3.48. The van der Waals surface area contributed by atoms with E-state index in [2.05, 4.69) is 21.2 Å². The maximum atomic E-state index is 13.3. The lowest BCUT2D eigenvalue weighted by Crippen LogP contribution is -2.48. The van der Waals surface area contributed by atoms with E-state index in [9.17, 15) is 18.0 Å². The minimum absolute atomic E-state index is 0.0342. The molecule has 0 bridgehead atoms. The molecular weight excluding hydrogens is 589 g/mol. The van der Waals surface area contributed by atoms with Gasteiger partial charge in [-0.25, -0.2) is 8.42 Å². The predicted octanol–water partition coefficient (Wildman–Crippen LogP) is 5.64. The largest absolute Gasteiger partial charge is 0.354 e. The highest BCUT2D eigenvalue weighted by molar-refractivity contribution is 9.10. The van der Waals surface area contributed by atoms with Gasteiger partial charge in [-0.1, -0.05) is 64.6 Å². The zero-order chi connectivity index (χ0) is 26.9. The Morgan fingerprint density at radius 3 is 2.47 bits per heavy atom. The summed E-state index contributed by atoms with van der Waals surface area (Å²) in [7, 11) is -3.68. The van der Waals surface area contributed by atoms with Crippen LogP contribution in [0.3, 0.4) is 0 Å². The lowest BCUT2D eigenvalue weighted by Gasteiger charge is -2.29. The number of nitrogens with one attached hydrogen (secondary N) is 1. The van der Waals surface area contributed by atoms with Crippen LogP contribution in [0.2, 0.25) is 10.0 Å². The molecule has 0 aromatic heterocycles. The third kappa shape index (κ3) is 9.25. The van der Waals surface area contributed by atoms with Gasteiger partial charge in [-0.15, -0.1) is 0 Å². The van der Waals surface area contributed by atoms with Crippen LogP contribution >= 0.6 is 39.1 Å². The van der Waals surface area contributed by atoms with Gasteiger partial charge < -0.3 is 10.2 Å². The number of anilines is 1. The van der Waals surface area contributed by atoms with Gasteiger partial charge in [0.05, 0.1) is 17.0 Å². The predicted molar refractivity (Wildman–Crippen MR) is 150 cm³/mol. The van der Waals surface area contributed by atoms with Gasteiger partial charge in [0.1, 0.15) is 6.04 Å². The molecule has 36 heavy (non-hydrogen) atoms. The first-order valence-electron chi connectivity index (χ1n) is 11.7. The SMILES string of the molecule is CCCCNC(=O)[C@H](C)N(Cc1cccc(Br)c1)C(=O)CCCN(c1cc(Cl)ccc1Cl)S(C)(=O)=O. The van der Waals surface area contributed by atoms with E-state index in [1.807, 2.05) is 31.2 Å². The average Bonchev–Trinajstić information content (AvgIpc) is 2.81. The molecule has 0 saturated heterocycles. The third-order valence-corrected chi connectivity index (χ3v) is 7.80. The first kappa shape index (κ1) is 30.4. The molecular formula is C25H32BrCl2N3O4S. The number of halogens is 3. The van der Waals surface area contributed by atoms with Crippen LogP contribution in [-0.4, -0.2) is 50.5 Å². The number of hydrogen-bond donors (Lipinski definition) is 1. The number of sulfonamides is 1. The second-order valence-electron chi connectivity index (χ2n) is 8.51. The first-order chi connectivity index (χ1) is 16.9. The van der Waals surface area contributed by atoms with E-state index in [1.54, 1.807) is 13.0 Å². The lowest BCUT2D eigenvalue weighted by molar-refractivity contribution is -0.140. The van der Waals surface area contributed by atoms with Gasteiger partial charge in [0.25, 0.3) is 0 Å². The quantitative estimate of drug-likeness (QED) is 0.294. The molecule has 7 nitrogen and oxygen atoms in total. The minimum Gasteiger partial charge on any atom is -0.354 e. The van der Waals surface area contributed by atoms with Crippen LogP contribution in [0.15, 0.2) is 46.9 Å². The van der Waals surface area contributed by atoms with Crippen molar-refractivity contribution in [2.24, 2.45) is 0 Å². The summed E-state index contributed by atoms with van der Waals surface area (Å²) >= 11 is 15.7. The van der Waals surface area contributed by atoms with E-state index in [-0.39, 0.29) is 48.5 Å².